The topological polar surface area (TPSA) is 68.2 Å². The first-order valence-corrected chi connectivity index (χ1v) is 9.12. The first kappa shape index (κ1) is 15.2. The Labute approximate surface area is 147 Å². The Morgan fingerprint density at radius 1 is 1.08 bits per heavy atom. The lowest BCUT2D eigenvalue weighted by atomic mass is 10.1. The van der Waals surface area contributed by atoms with Crippen LogP contribution in [0.15, 0.2) is 65.1 Å². The maximum absolute atomic E-state index is 5.53. The van der Waals surface area contributed by atoms with Crippen LogP contribution < -0.4 is 10.5 Å². The van der Waals surface area contributed by atoms with Gasteiger partial charge in [-0.15, -0.1) is 5.10 Å². The fourth-order valence-electron chi connectivity index (χ4n) is 2.43. The number of nitrogens with one attached hydrogen (secondary N) is 1. The fourth-order valence-corrected chi connectivity index (χ4v) is 3.59. The highest BCUT2D eigenvalue weighted by Gasteiger charge is 2.09. The lowest BCUT2D eigenvalue weighted by Crippen LogP contribution is -1.98. The molecule has 0 saturated heterocycles. The van der Waals surface area contributed by atoms with E-state index in [0.29, 0.717) is 0 Å². The fraction of sp³-hybridized carbons (Fsp3) is 0.0588. The van der Waals surface area contributed by atoms with Crippen molar-refractivity contribution >= 4 is 33.9 Å². The van der Waals surface area contributed by atoms with E-state index in [-0.39, 0.29) is 0 Å². The van der Waals surface area contributed by atoms with E-state index in [1.165, 1.54) is 16.9 Å². The van der Waals surface area contributed by atoms with Gasteiger partial charge in [0.15, 0.2) is 4.34 Å². The number of rotatable bonds is 5. The van der Waals surface area contributed by atoms with E-state index in [4.69, 9.17) is 5.14 Å². The number of nitrogens with two attached hydrogens (primary N) is 1. The third-order valence-corrected chi connectivity index (χ3v) is 5.18. The lowest BCUT2D eigenvalue weighted by molar-refractivity contribution is 0.916. The van der Waals surface area contributed by atoms with Gasteiger partial charge < -0.3 is 5.32 Å². The number of benzene rings is 2. The Morgan fingerprint density at radius 2 is 1.88 bits per heavy atom. The van der Waals surface area contributed by atoms with Gasteiger partial charge in [-0.1, -0.05) is 53.8 Å². The molecule has 0 atom stereocenters. The third-order valence-electron chi connectivity index (χ3n) is 3.65. The first-order chi connectivity index (χ1) is 11.8. The molecule has 0 fully saturated rings. The van der Waals surface area contributed by atoms with Gasteiger partial charge in [-0.25, -0.2) is 9.50 Å². The number of fused-ring (bicyclic) bond motifs is 1. The van der Waals surface area contributed by atoms with Crippen LogP contribution in [0.3, 0.4) is 0 Å². The van der Waals surface area contributed by atoms with E-state index in [1.807, 2.05) is 24.4 Å². The van der Waals surface area contributed by atoms with Crippen molar-refractivity contribution in [2.24, 2.45) is 5.14 Å². The minimum absolute atomic E-state index is 0.809. The summed E-state index contributed by atoms with van der Waals surface area (Å²) in [5, 5.41) is 13.3. The van der Waals surface area contributed by atoms with Crippen molar-refractivity contribution in [3.05, 3.63) is 66.4 Å². The van der Waals surface area contributed by atoms with Crippen LogP contribution >= 0.6 is 23.3 Å². The summed E-state index contributed by atoms with van der Waals surface area (Å²) in [5.41, 5.74) is 4.33. The van der Waals surface area contributed by atoms with Crippen LogP contribution in [0.5, 0.6) is 0 Å². The minimum Gasteiger partial charge on any atom is -0.381 e. The van der Waals surface area contributed by atoms with E-state index in [1.54, 1.807) is 4.52 Å². The van der Waals surface area contributed by atoms with E-state index in [9.17, 15) is 0 Å². The molecular weight excluding hydrogens is 338 g/mol. The molecule has 0 amide bonds. The molecule has 0 aliphatic rings. The Kier molecular flexibility index (Phi) is 4.20. The molecule has 0 saturated carbocycles. The monoisotopic (exact) mass is 353 g/mol. The molecule has 24 heavy (non-hydrogen) atoms. The summed E-state index contributed by atoms with van der Waals surface area (Å²) in [6.45, 7) is 0.809. The number of aromatic nitrogens is 3. The van der Waals surface area contributed by atoms with Crippen molar-refractivity contribution in [3.63, 3.8) is 0 Å². The van der Waals surface area contributed by atoms with Crippen LogP contribution in [0.4, 0.5) is 5.69 Å². The summed E-state index contributed by atoms with van der Waals surface area (Å²) >= 11 is 2.63. The lowest BCUT2D eigenvalue weighted by Gasteiger charge is -2.07. The second-order valence-electron chi connectivity index (χ2n) is 5.26. The standard InChI is InChI=1S/C17H15N5S2/c18-24-17-21-22-11-15(20-16(22)23-17)13-6-8-14(9-7-13)19-10-12-4-2-1-3-5-12/h1-9,11,19H,10,18H2. The van der Waals surface area contributed by atoms with E-state index in [0.717, 1.165) is 44.7 Å². The quantitative estimate of drug-likeness (QED) is 0.530. The number of imidazole rings is 1. The van der Waals surface area contributed by atoms with Gasteiger partial charge in [0.1, 0.15) is 0 Å². The van der Waals surface area contributed by atoms with Gasteiger partial charge in [0, 0.05) is 17.8 Å². The second-order valence-corrected chi connectivity index (χ2v) is 7.09. The molecule has 5 nitrogen and oxygen atoms in total. The van der Waals surface area contributed by atoms with Crippen molar-refractivity contribution in [2.75, 3.05) is 5.32 Å². The van der Waals surface area contributed by atoms with E-state index in [2.05, 4.69) is 51.8 Å². The third kappa shape index (κ3) is 3.14. The van der Waals surface area contributed by atoms with Crippen LogP contribution in [0.2, 0.25) is 0 Å². The second kappa shape index (κ2) is 6.64. The summed E-state index contributed by atoms with van der Waals surface area (Å²) in [6, 6.07) is 18.6. The Hall–Kier alpha value is -2.35. The molecule has 4 aromatic rings. The predicted octanol–water partition coefficient (Wildman–Crippen LogP) is 4.04. The average Bonchev–Trinajstić information content (AvgIpc) is 3.20. The van der Waals surface area contributed by atoms with Crippen LogP contribution in [-0.2, 0) is 6.54 Å². The van der Waals surface area contributed by atoms with Gasteiger partial charge in [-0.05, 0) is 29.6 Å². The maximum atomic E-state index is 5.53. The molecule has 7 heteroatoms. The van der Waals surface area contributed by atoms with Crippen LogP contribution in [0.1, 0.15) is 5.56 Å². The molecular formula is C17H15N5S2. The number of nitrogens with zero attached hydrogens (tertiary/aromatic N) is 3. The molecule has 0 bridgehead atoms. The normalized spacial score (nSPS) is 11.0. The van der Waals surface area contributed by atoms with Crippen LogP contribution in [0.25, 0.3) is 16.2 Å². The first-order valence-electron chi connectivity index (χ1n) is 7.43. The molecule has 2 aromatic carbocycles. The van der Waals surface area contributed by atoms with Gasteiger partial charge in [0.2, 0.25) is 4.96 Å². The van der Waals surface area contributed by atoms with Crippen molar-refractivity contribution in [3.8, 4) is 11.3 Å². The Morgan fingerprint density at radius 3 is 2.58 bits per heavy atom. The van der Waals surface area contributed by atoms with Crippen molar-refractivity contribution < 1.29 is 0 Å². The van der Waals surface area contributed by atoms with Gasteiger partial charge in [-0.2, -0.15) is 0 Å². The summed E-state index contributed by atoms with van der Waals surface area (Å²) in [5.74, 6) is 0. The van der Waals surface area contributed by atoms with Crippen LogP contribution in [-0.4, -0.2) is 14.6 Å². The largest absolute Gasteiger partial charge is 0.381 e. The molecule has 2 heterocycles. The highest BCUT2D eigenvalue weighted by atomic mass is 32.2. The highest BCUT2D eigenvalue weighted by molar-refractivity contribution is 7.98. The molecule has 0 spiro atoms. The molecule has 120 valence electrons. The van der Waals surface area contributed by atoms with Crippen LogP contribution in [0, 0.1) is 0 Å². The zero-order chi connectivity index (χ0) is 16.4. The highest BCUT2D eigenvalue weighted by Crippen LogP contribution is 2.26. The van der Waals surface area contributed by atoms with Gasteiger partial charge >= 0.3 is 0 Å². The van der Waals surface area contributed by atoms with Gasteiger partial charge in [0.05, 0.1) is 11.9 Å². The number of hydrogen-bond acceptors (Lipinski definition) is 6. The Balaban J connectivity index is 1.48. The number of hydrogen-bond donors (Lipinski definition) is 2. The maximum Gasteiger partial charge on any atom is 0.213 e. The van der Waals surface area contributed by atoms with E-state index < -0.39 is 0 Å². The Bertz CT molecular complexity index is 913. The van der Waals surface area contributed by atoms with Crippen molar-refractivity contribution in [1.82, 2.24) is 14.6 Å². The van der Waals surface area contributed by atoms with Gasteiger partial charge in [-0.3, -0.25) is 5.14 Å². The molecule has 3 N–H and O–H groups in total. The zero-order valence-corrected chi connectivity index (χ0v) is 14.3. The van der Waals surface area contributed by atoms with Crippen molar-refractivity contribution in [1.29, 1.82) is 0 Å². The zero-order valence-electron chi connectivity index (χ0n) is 12.7. The van der Waals surface area contributed by atoms with Gasteiger partial charge in [0.25, 0.3) is 0 Å². The minimum atomic E-state index is 0.809. The molecule has 0 unspecified atom stereocenters. The average molecular weight is 353 g/mol. The molecule has 4 rings (SSSR count). The molecule has 0 aliphatic carbocycles. The molecule has 2 aromatic heterocycles. The SMILES string of the molecule is NSc1nn2cc(-c3ccc(NCc4ccccc4)cc3)nc2s1. The predicted molar refractivity (Wildman–Crippen MR) is 100 cm³/mol. The molecule has 0 radical (unpaired) electrons. The summed E-state index contributed by atoms with van der Waals surface area (Å²) in [6.07, 6.45) is 1.93. The van der Waals surface area contributed by atoms with Crippen molar-refractivity contribution in [2.45, 2.75) is 10.9 Å². The summed E-state index contributed by atoms with van der Waals surface area (Å²) < 4.78 is 2.58. The van der Waals surface area contributed by atoms with E-state index >= 15 is 0 Å². The summed E-state index contributed by atoms with van der Waals surface area (Å²) in [7, 11) is 0. The smallest absolute Gasteiger partial charge is 0.213 e. The summed E-state index contributed by atoms with van der Waals surface area (Å²) in [4.78, 5) is 5.46. The number of anilines is 1. The molecule has 0 aliphatic heterocycles.